The molecule has 6 heteroatoms. The minimum atomic E-state index is -0.356. The normalized spacial score (nSPS) is 13.6. The summed E-state index contributed by atoms with van der Waals surface area (Å²) in [5.74, 6) is -0.307. The number of aromatic nitrogens is 2. The van der Waals surface area contributed by atoms with E-state index in [9.17, 15) is 9.18 Å². The van der Waals surface area contributed by atoms with Crippen molar-refractivity contribution in [2.45, 2.75) is 25.7 Å². The number of hydrogen-bond donors (Lipinski definition) is 1. The number of nitrogens with zero attached hydrogens (tertiary/aromatic N) is 2. The van der Waals surface area contributed by atoms with E-state index >= 15 is 0 Å². The molecule has 4 aromatic rings. The van der Waals surface area contributed by atoms with Crippen LogP contribution in [-0.4, -0.2) is 16.0 Å². The maximum atomic E-state index is 13.2. The lowest BCUT2D eigenvalue weighted by Gasteiger charge is -2.09. The summed E-state index contributed by atoms with van der Waals surface area (Å²) in [6.07, 6.45) is 2.10. The fraction of sp³-hybridized carbons (Fsp3) is 0.174. The standard InChI is InChI=1S/C23H18FN3O2/c1-13-2-4-15(5-3-13)21-20-18(22(28)25-17-10-8-16(24)9-11-17)12-19(14-6-7-14)26-23(20)29-27-21/h2-5,8-12,14H,6-7H2,1H3,(H,25,28). The number of hydrogen-bond acceptors (Lipinski definition) is 4. The number of fused-ring (bicyclic) bond motifs is 1. The summed E-state index contributed by atoms with van der Waals surface area (Å²) in [7, 11) is 0. The maximum Gasteiger partial charge on any atom is 0.259 e. The molecule has 2 aromatic carbocycles. The number of rotatable bonds is 4. The van der Waals surface area contributed by atoms with Gasteiger partial charge in [0.15, 0.2) is 0 Å². The minimum Gasteiger partial charge on any atom is -0.335 e. The Morgan fingerprint density at radius 2 is 1.83 bits per heavy atom. The number of benzene rings is 2. The molecule has 0 bridgehead atoms. The lowest BCUT2D eigenvalue weighted by atomic mass is 10.0. The average molecular weight is 387 g/mol. The van der Waals surface area contributed by atoms with Crippen LogP contribution in [0.5, 0.6) is 0 Å². The summed E-state index contributed by atoms with van der Waals surface area (Å²) < 4.78 is 18.7. The van der Waals surface area contributed by atoms with Crippen LogP contribution in [0.25, 0.3) is 22.4 Å². The molecule has 0 unspecified atom stereocenters. The largest absolute Gasteiger partial charge is 0.335 e. The smallest absolute Gasteiger partial charge is 0.259 e. The molecule has 1 aliphatic carbocycles. The van der Waals surface area contributed by atoms with Crippen molar-refractivity contribution in [1.29, 1.82) is 0 Å². The van der Waals surface area contributed by atoms with E-state index in [1.54, 1.807) is 0 Å². The van der Waals surface area contributed by atoms with Gasteiger partial charge in [0.05, 0.1) is 10.9 Å². The van der Waals surface area contributed by atoms with E-state index in [-0.39, 0.29) is 11.7 Å². The molecule has 1 fully saturated rings. The van der Waals surface area contributed by atoms with Gasteiger partial charge in [0, 0.05) is 22.9 Å². The summed E-state index contributed by atoms with van der Waals surface area (Å²) in [4.78, 5) is 17.7. The van der Waals surface area contributed by atoms with Crippen LogP contribution in [0.15, 0.2) is 59.1 Å². The van der Waals surface area contributed by atoms with Crippen molar-refractivity contribution in [3.63, 3.8) is 0 Å². The highest BCUT2D eigenvalue weighted by Gasteiger charge is 2.29. The van der Waals surface area contributed by atoms with E-state index < -0.39 is 0 Å². The molecule has 0 saturated heterocycles. The van der Waals surface area contributed by atoms with Crippen LogP contribution in [0.3, 0.4) is 0 Å². The third-order valence-electron chi connectivity index (χ3n) is 5.13. The molecule has 29 heavy (non-hydrogen) atoms. The molecular weight excluding hydrogens is 369 g/mol. The Bertz CT molecular complexity index is 1210. The highest BCUT2D eigenvalue weighted by atomic mass is 19.1. The third-order valence-corrected chi connectivity index (χ3v) is 5.13. The van der Waals surface area contributed by atoms with Crippen LogP contribution in [0.4, 0.5) is 10.1 Å². The second kappa shape index (κ2) is 6.81. The van der Waals surface area contributed by atoms with Crippen LogP contribution in [-0.2, 0) is 0 Å². The number of carbonyl (C=O) groups is 1. The van der Waals surface area contributed by atoms with Gasteiger partial charge in [0.25, 0.3) is 11.6 Å². The zero-order chi connectivity index (χ0) is 20.0. The zero-order valence-electron chi connectivity index (χ0n) is 15.8. The third kappa shape index (κ3) is 3.38. The van der Waals surface area contributed by atoms with E-state index in [1.165, 1.54) is 24.3 Å². The van der Waals surface area contributed by atoms with Gasteiger partial charge in [-0.15, -0.1) is 0 Å². The van der Waals surface area contributed by atoms with Gasteiger partial charge in [-0.1, -0.05) is 35.0 Å². The van der Waals surface area contributed by atoms with Crippen molar-refractivity contribution in [1.82, 2.24) is 10.1 Å². The number of amides is 1. The molecule has 0 atom stereocenters. The number of carbonyl (C=O) groups excluding carboxylic acids is 1. The first-order valence-electron chi connectivity index (χ1n) is 9.53. The molecule has 1 amide bonds. The predicted octanol–water partition coefficient (Wildman–Crippen LogP) is 5.47. The molecule has 1 saturated carbocycles. The molecular formula is C23H18FN3O2. The monoisotopic (exact) mass is 387 g/mol. The molecule has 144 valence electrons. The highest BCUT2D eigenvalue weighted by Crippen LogP contribution is 2.41. The molecule has 0 radical (unpaired) electrons. The highest BCUT2D eigenvalue weighted by molar-refractivity contribution is 6.14. The van der Waals surface area contributed by atoms with Gasteiger partial charge in [-0.25, -0.2) is 9.37 Å². The number of aryl methyl sites for hydroxylation is 1. The van der Waals surface area contributed by atoms with Crippen molar-refractivity contribution >= 4 is 22.7 Å². The Kier molecular flexibility index (Phi) is 4.12. The lowest BCUT2D eigenvalue weighted by Crippen LogP contribution is -2.13. The first-order valence-corrected chi connectivity index (χ1v) is 9.53. The Morgan fingerprint density at radius 1 is 1.10 bits per heavy atom. The maximum absolute atomic E-state index is 13.2. The van der Waals surface area contributed by atoms with Crippen molar-refractivity contribution in [2.75, 3.05) is 5.32 Å². The lowest BCUT2D eigenvalue weighted by molar-refractivity contribution is 0.102. The van der Waals surface area contributed by atoms with Gasteiger partial charge in [-0.3, -0.25) is 4.79 Å². The number of halogens is 1. The fourth-order valence-electron chi connectivity index (χ4n) is 3.38. The first kappa shape index (κ1) is 17.6. The van der Waals surface area contributed by atoms with Crippen molar-refractivity contribution in [3.05, 3.63) is 77.2 Å². The molecule has 0 spiro atoms. The zero-order valence-corrected chi connectivity index (χ0v) is 15.8. The van der Waals surface area contributed by atoms with E-state index in [2.05, 4.69) is 15.5 Å². The van der Waals surface area contributed by atoms with Gasteiger partial charge < -0.3 is 9.84 Å². The number of nitrogens with one attached hydrogen (secondary N) is 1. The Morgan fingerprint density at radius 3 is 2.52 bits per heavy atom. The van der Waals surface area contributed by atoms with Crippen LogP contribution in [0.2, 0.25) is 0 Å². The quantitative estimate of drug-likeness (QED) is 0.504. The van der Waals surface area contributed by atoms with Gasteiger partial charge in [0.1, 0.15) is 11.5 Å². The van der Waals surface area contributed by atoms with Gasteiger partial charge in [0.2, 0.25) is 0 Å². The van der Waals surface area contributed by atoms with E-state index in [0.717, 1.165) is 29.7 Å². The molecule has 2 heterocycles. The van der Waals surface area contributed by atoms with Crippen molar-refractivity contribution < 1.29 is 13.7 Å². The minimum absolute atomic E-state index is 0.303. The van der Waals surface area contributed by atoms with E-state index in [0.29, 0.717) is 34.0 Å². The Labute approximate surface area is 166 Å². The van der Waals surface area contributed by atoms with Gasteiger partial charge in [-0.2, -0.15) is 0 Å². The summed E-state index contributed by atoms with van der Waals surface area (Å²) in [6.45, 7) is 2.01. The fourth-order valence-corrected chi connectivity index (χ4v) is 3.38. The van der Waals surface area contributed by atoms with E-state index in [1.807, 2.05) is 37.3 Å². The molecule has 2 aromatic heterocycles. The van der Waals surface area contributed by atoms with Crippen LogP contribution in [0, 0.1) is 12.7 Å². The second-order valence-electron chi connectivity index (χ2n) is 7.41. The Balaban J connectivity index is 1.63. The molecule has 0 aliphatic heterocycles. The van der Waals surface area contributed by atoms with Crippen LogP contribution in [0.1, 0.15) is 40.4 Å². The van der Waals surface area contributed by atoms with Crippen molar-refractivity contribution in [3.8, 4) is 11.3 Å². The van der Waals surface area contributed by atoms with Gasteiger partial charge >= 0.3 is 0 Å². The molecule has 5 rings (SSSR count). The number of pyridine rings is 1. The van der Waals surface area contributed by atoms with E-state index in [4.69, 9.17) is 4.52 Å². The second-order valence-corrected chi connectivity index (χ2v) is 7.41. The average Bonchev–Trinajstić information content (AvgIpc) is 3.49. The number of anilines is 1. The predicted molar refractivity (Wildman–Crippen MR) is 108 cm³/mol. The molecule has 5 nitrogen and oxygen atoms in total. The molecule has 1 N–H and O–H groups in total. The summed E-state index contributed by atoms with van der Waals surface area (Å²) >= 11 is 0. The SMILES string of the molecule is Cc1ccc(-c2noc3nc(C4CC4)cc(C(=O)Nc4ccc(F)cc4)c23)cc1. The first-order chi connectivity index (χ1) is 14.1. The molecule has 1 aliphatic rings. The van der Waals surface area contributed by atoms with Gasteiger partial charge in [-0.05, 0) is 50.1 Å². The summed E-state index contributed by atoms with van der Waals surface area (Å²) in [5.41, 5.74) is 4.73. The summed E-state index contributed by atoms with van der Waals surface area (Å²) in [5, 5.41) is 7.63. The Hall–Kier alpha value is -3.54. The van der Waals surface area contributed by atoms with Crippen LogP contribution >= 0.6 is 0 Å². The van der Waals surface area contributed by atoms with Crippen molar-refractivity contribution in [2.24, 2.45) is 0 Å². The summed E-state index contributed by atoms with van der Waals surface area (Å²) in [6, 6.07) is 15.4. The topological polar surface area (TPSA) is 68.0 Å². The van der Waals surface area contributed by atoms with Crippen LogP contribution < -0.4 is 5.32 Å².